The van der Waals surface area contributed by atoms with E-state index in [0.717, 1.165) is 11.8 Å². The zero-order chi connectivity index (χ0) is 20.2. The van der Waals surface area contributed by atoms with Crippen molar-refractivity contribution in [1.29, 1.82) is 0 Å². The maximum Gasteiger partial charge on any atom is 0.265 e. The molecular weight excluding hydrogens is 489 g/mol. The van der Waals surface area contributed by atoms with Crippen molar-refractivity contribution in [3.8, 4) is 0 Å². The van der Waals surface area contributed by atoms with Crippen LogP contribution in [0.3, 0.4) is 0 Å². The Hall–Kier alpha value is -1.58. The lowest BCUT2D eigenvalue weighted by molar-refractivity contribution is -0.140. The summed E-state index contributed by atoms with van der Waals surface area (Å²) in [5.74, 6) is -1.28. The zero-order valence-corrected chi connectivity index (χ0v) is 17.9. The van der Waals surface area contributed by atoms with Crippen molar-refractivity contribution in [2.45, 2.75) is 17.4 Å². The number of hydrogen-bond donors (Lipinski definition) is 2. The van der Waals surface area contributed by atoms with Gasteiger partial charge in [-0.05, 0) is 35.9 Å². The summed E-state index contributed by atoms with van der Waals surface area (Å²) in [7, 11) is 0. The third-order valence-electron chi connectivity index (χ3n) is 4.64. The van der Waals surface area contributed by atoms with E-state index in [-0.39, 0.29) is 11.7 Å². The molecule has 28 heavy (non-hydrogen) atoms. The van der Waals surface area contributed by atoms with Crippen LogP contribution in [0.15, 0.2) is 45.9 Å². The van der Waals surface area contributed by atoms with Crippen LogP contribution in [-0.2, 0) is 21.7 Å². The van der Waals surface area contributed by atoms with Crippen LogP contribution in [-0.4, -0.2) is 27.3 Å². The quantitative estimate of drug-likeness (QED) is 0.672. The summed E-state index contributed by atoms with van der Waals surface area (Å²) < 4.78 is 0.660. The van der Waals surface area contributed by atoms with E-state index in [1.165, 1.54) is 4.90 Å². The lowest BCUT2D eigenvalue weighted by Gasteiger charge is -2.27. The van der Waals surface area contributed by atoms with Gasteiger partial charge in [0.25, 0.3) is 11.8 Å². The second kappa shape index (κ2) is 7.03. The second-order valence-corrected chi connectivity index (χ2v) is 9.23. The Kier molecular flexibility index (Phi) is 4.96. The summed E-state index contributed by atoms with van der Waals surface area (Å²) in [6, 6.07) is 10.0. The number of aliphatic hydroxyl groups is 1. The predicted molar refractivity (Wildman–Crippen MR) is 114 cm³/mol. The number of thioether (sulfide) groups is 1. The number of benzene rings is 2. The molecule has 10 heteroatoms. The number of nitrogens with zero attached hydrogens (tertiary/aromatic N) is 2. The predicted octanol–water partition coefficient (Wildman–Crippen LogP) is 3.45. The van der Waals surface area contributed by atoms with Gasteiger partial charge in [0, 0.05) is 20.1 Å². The van der Waals surface area contributed by atoms with Crippen LogP contribution in [0.4, 0.5) is 5.69 Å². The Morgan fingerprint density at radius 1 is 1.25 bits per heavy atom. The molecule has 0 saturated heterocycles. The first-order valence-electron chi connectivity index (χ1n) is 8.04. The number of fused-ring (bicyclic) bond motifs is 1. The molecule has 0 radical (unpaired) electrons. The highest BCUT2D eigenvalue weighted by atomic mass is 79.9. The van der Waals surface area contributed by atoms with Crippen LogP contribution < -0.4 is 10.6 Å². The molecule has 0 saturated carbocycles. The van der Waals surface area contributed by atoms with Crippen molar-refractivity contribution in [2.75, 3.05) is 4.90 Å². The van der Waals surface area contributed by atoms with E-state index in [2.05, 4.69) is 20.9 Å². The molecule has 0 aliphatic carbocycles. The molecule has 2 unspecified atom stereocenters. The molecule has 2 aliphatic heterocycles. The molecule has 2 heterocycles. The van der Waals surface area contributed by atoms with E-state index in [1.54, 1.807) is 36.4 Å². The molecule has 0 fully saturated rings. The molecule has 2 aliphatic rings. The normalized spacial score (nSPS) is 23.9. The standard InChI is InChI=1S/C18H12BrCl2N3O3S/c19-9-2-4-13-11(5-9)18(27,14-15(25)23-17(22)28-14)16(26)24(13)7-8-1-3-10(20)6-12(8)21/h1-6,14,27H,7H2,(H2,22,23,25). The second-order valence-electron chi connectivity index (χ2n) is 6.34. The number of nitrogens with two attached hydrogens (primary N) is 1. The van der Waals surface area contributed by atoms with Gasteiger partial charge in [0.15, 0.2) is 10.8 Å². The SMILES string of the molecule is NC1=NC(=O)C(C2(O)C(=O)N(Cc3ccc(Cl)cc3Cl)c3ccc(Br)cc32)S1. The number of rotatable bonds is 3. The first kappa shape index (κ1) is 19.7. The minimum atomic E-state index is -2.09. The van der Waals surface area contributed by atoms with Crippen LogP contribution >= 0.6 is 50.9 Å². The number of amidine groups is 1. The maximum absolute atomic E-state index is 13.4. The fourth-order valence-electron chi connectivity index (χ4n) is 3.34. The Bertz CT molecular complexity index is 1060. The minimum absolute atomic E-state index is 0.0203. The molecule has 144 valence electrons. The molecule has 2 amide bonds. The smallest absolute Gasteiger partial charge is 0.265 e. The number of anilines is 1. The van der Waals surface area contributed by atoms with E-state index in [1.807, 2.05) is 0 Å². The van der Waals surface area contributed by atoms with Gasteiger partial charge in [-0.1, -0.05) is 57.0 Å². The van der Waals surface area contributed by atoms with Crippen LogP contribution in [0, 0.1) is 0 Å². The minimum Gasteiger partial charge on any atom is -0.378 e. The molecular formula is C18H12BrCl2N3O3S. The lowest BCUT2D eigenvalue weighted by Crippen LogP contribution is -2.49. The summed E-state index contributed by atoms with van der Waals surface area (Å²) in [5, 5.41) is 11.2. The molecule has 0 bridgehead atoms. The average Bonchev–Trinajstić information content (AvgIpc) is 3.07. The van der Waals surface area contributed by atoms with Gasteiger partial charge in [0.2, 0.25) is 0 Å². The highest BCUT2D eigenvalue weighted by molar-refractivity contribution is 9.10. The Morgan fingerprint density at radius 3 is 2.64 bits per heavy atom. The van der Waals surface area contributed by atoms with Gasteiger partial charge >= 0.3 is 0 Å². The molecule has 2 aromatic rings. The van der Waals surface area contributed by atoms with Crippen LogP contribution in [0.25, 0.3) is 0 Å². The molecule has 6 nitrogen and oxygen atoms in total. The van der Waals surface area contributed by atoms with Crippen molar-refractivity contribution in [3.05, 3.63) is 62.0 Å². The van der Waals surface area contributed by atoms with Crippen molar-refractivity contribution >= 4 is 73.6 Å². The monoisotopic (exact) mass is 499 g/mol. The van der Waals surface area contributed by atoms with Crippen LogP contribution in [0.5, 0.6) is 0 Å². The highest BCUT2D eigenvalue weighted by Crippen LogP contribution is 2.49. The van der Waals surface area contributed by atoms with Gasteiger partial charge in [-0.3, -0.25) is 9.59 Å². The third-order valence-corrected chi connectivity index (χ3v) is 6.83. The number of aliphatic imine (C=N–C) groups is 1. The first-order valence-corrected chi connectivity index (χ1v) is 10.5. The van der Waals surface area contributed by atoms with Gasteiger partial charge in [0.05, 0.1) is 12.2 Å². The van der Waals surface area contributed by atoms with E-state index >= 15 is 0 Å². The van der Waals surface area contributed by atoms with E-state index in [9.17, 15) is 14.7 Å². The van der Waals surface area contributed by atoms with Crippen molar-refractivity contribution in [1.82, 2.24) is 0 Å². The number of hydrogen-bond acceptors (Lipinski definition) is 5. The average molecular weight is 501 g/mol. The fourth-order valence-corrected chi connectivity index (χ4v) is 5.10. The summed E-state index contributed by atoms with van der Waals surface area (Å²) in [6.45, 7) is 0.105. The number of amides is 2. The Labute approximate surface area is 182 Å². The van der Waals surface area contributed by atoms with Gasteiger partial charge < -0.3 is 15.7 Å². The van der Waals surface area contributed by atoms with Crippen molar-refractivity contribution in [3.63, 3.8) is 0 Å². The zero-order valence-electron chi connectivity index (χ0n) is 14.0. The van der Waals surface area contributed by atoms with Gasteiger partial charge in [0.1, 0.15) is 5.25 Å². The topological polar surface area (TPSA) is 96.0 Å². The highest BCUT2D eigenvalue weighted by Gasteiger charge is 2.59. The summed E-state index contributed by atoms with van der Waals surface area (Å²) in [5.41, 5.74) is 5.00. The van der Waals surface area contributed by atoms with E-state index < -0.39 is 22.7 Å². The largest absolute Gasteiger partial charge is 0.378 e. The number of carbonyl (C=O) groups excluding carboxylic acids is 2. The van der Waals surface area contributed by atoms with Gasteiger partial charge in [-0.2, -0.15) is 4.99 Å². The number of carbonyl (C=O) groups is 2. The lowest BCUT2D eigenvalue weighted by atomic mass is 9.91. The Balaban J connectivity index is 1.80. The fraction of sp³-hybridized carbons (Fsp3) is 0.167. The Morgan fingerprint density at radius 2 is 2.00 bits per heavy atom. The molecule has 2 atom stereocenters. The van der Waals surface area contributed by atoms with Crippen molar-refractivity contribution < 1.29 is 14.7 Å². The summed E-state index contributed by atoms with van der Waals surface area (Å²) >= 11 is 16.4. The van der Waals surface area contributed by atoms with Gasteiger partial charge in [-0.15, -0.1) is 0 Å². The summed E-state index contributed by atoms with van der Waals surface area (Å²) in [6.07, 6.45) is 0. The molecule has 4 rings (SSSR count). The van der Waals surface area contributed by atoms with Crippen LogP contribution in [0.2, 0.25) is 10.0 Å². The summed E-state index contributed by atoms with van der Waals surface area (Å²) in [4.78, 5) is 30.7. The van der Waals surface area contributed by atoms with E-state index in [4.69, 9.17) is 28.9 Å². The molecule has 0 spiro atoms. The van der Waals surface area contributed by atoms with Crippen LogP contribution in [0.1, 0.15) is 11.1 Å². The number of halogens is 3. The third kappa shape index (κ3) is 3.04. The van der Waals surface area contributed by atoms with Crippen molar-refractivity contribution in [2.24, 2.45) is 10.7 Å². The molecule has 2 aromatic carbocycles. The molecule has 3 N–H and O–H groups in total. The molecule has 0 aromatic heterocycles. The first-order chi connectivity index (χ1) is 13.2. The van der Waals surface area contributed by atoms with E-state index in [0.29, 0.717) is 31.3 Å². The maximum atomic E-state index is 13.4. The van der Waals surface area contributed by atoms with Gasteiger partial charge in [-0.25, -0.2) is 0 Å².